The van der Waals surface area contributed by atoms with Crippen LogP contribution < -0.4 is 0 Å². The monoisotopic (exact) mass is 323 g/mol. The molecule has 118 valence electrons. The van der Waals surface area contributed by atoms with Gasteiger partial charge in [0.15, 0.2) is 11.4 Å². The summed E-state index contributed by atoms with van der Waals surface area (Å²) < 4.78 is 11.2. The summed E-state index contributed by atoms with van der Waals surface area (Å²) >= 11 is 5.87. The van der Waals surface area contributed by atoms with Crippen LogP contribution in [0.1, 0.15) is 32.2 Å². The van der Waals surface area contributed by atoms with E-state index in [4.69, 9.17) is 25.9 Å². The number of nitrogens with zero attached hydrogens (tertiary/aromatic N) is 1. The van der Waals surface area contributed by atoms with E-state index in [1.807, 2.05) is 19.1 Å². The van der Waals surface area contributed by atoms with E-state index in [0.29, 0.717) is 23.1 Å². The molecule has 0 atom stereocenters. The normalized spacial score (nSPS) is 11.6. The highest BCUT2D eigenvalue weighted by molar-refractivity contribution is 6.30. The fourth-order valence-corrected chi connectivity index (χ4v) is 1.92. The van der Waals surface area contributed by atoms with Crippen LogP contribution in [0.2, 0.25) is 5.02 Å². The number of oxazole rings is 1. The number of aromatic nitrogens is 1. The van der Waals surface area contributed by atoms with E-state index in [1.54, 1.807) is 12.1 Å². The van der Waals surface area contributed by atoms with E-state index >= 15 is 0 Å². The van der Waals surface area contributed by atoms with Crippen LogP contribution in [0.3, 0.4) is 0 Å². The van der Waals surface area contributed by atoms with Crippen molar-refractivity contribution in [1.29, 1.82) is 0 Å². The van der Waals surface area contributed by atoms with Crippen molar-refractivity contribution in [2.24, 2.45) is 0 Å². The second kappa shape index (κ2) is 6.50. The maximum absolute atomic E-state index is 11.1. The lowest BCUT2D eigenvalue weighted by atomic mass is 10.1. The van der Waals surface area contributed by atoms with Gasteiger partial charge in [0.25, 0.3) is 0 Å². The number of ether oxygens (including phenoxy) is 1. The second-order valence-corrected chi connectivity index (χ2v) is 5.79. The Hall–Kier alpha value is -1.85. The predicted molar refractivity (Wildman–Crippen MR) is 82.8 cm³/mol. The van der Waals surface area contributed by atoms with Gasteiger partial charge in [-0.3, -0.25) is 0 Å². The molecule has 0 unspecified atom stereocenters. The molecule has 0 saturated carbocycles. The van der Waals surface area contributed by atoms with E-state index in [-0.39, 0.29) is 6.61 Å². The van der Waals surface area contributed by atoms with Gasteiger partial charge < -0.3 is 14.3 Å². The van der Waals surface area contributed by atoms with Crippen molar-refractivity contribution >= 4 is 17.6 Å². The molecule has 0 aliphatic rings. The average Bonchev–Trinajstić information content (AvgIpc) is 2.89. The van der Waals surface area contributed by atoms with Crippen molar-refractivity contribution in [3.8, 4) is 11.5 Å². The number of aryl methyl sites for hydroxylation is 1. The zero-order chi connectivity index (χ0) is 16.3. The number of hydrogen-bond donors (Lipinski definition) is 1. The number of carbonyl (C=O) groups is 1. The quantitative estimate of drug-likeness (QED) is 0.871. The third-order valence-electron chi connectivity index (χ3n) is 3.28. The standard InChI is InChI=1S/C16H18ClNO4/c1-4-12-13(9-21-16(2,3)15(19)20)22-14(18-12)10-5-7-11(17)8-6-10/h5-8H,4,9H2,1-3H3,(H,19,20). The van der Waals surface area contributed by atoms with Crippen molar-refractivity contribution < 1.29 is 19.1 Å². The molecule has 0 spiro atoms. The smallest absolute Gasteiger partial charge is 0.335 e. The van der Waals surface area contributed by atoms with Gasteiger partial charge in [-0.25, -0.2) is 9.78 Å². The number of halogens is 1. The van der Waals surface area contributed by atoms with E-state index in [1.165, 1.54) is 13.8 Å². The third-order valence-corrected chi connectivity index (χ3v) is 3.54. The first-order valence-electron chi connectivity index (χ1n) is 6.95. The molecule has 0 aliphatic heterocycles. The van der Waals surface area contributed by atoms with Gasteiger partial charge in [0.2, 0.25) is 5.89 Å². The van der Waals surface area contributed by atoms with Gasteiger partial charge in [-0.1, -0.05) is 18.5 Å². The Labute approximate surface area is 133 Å². The number of benzene rings is 1. The van der Waals surface area contributed by atoms with Gasteiger partial charge in [-0.2, -0.15) is 0 Å². The topological polar surface area (TPSA) is 72.6 Å². The zero-order valence-corrected chi connectivity index (χ0v) is 13.5. The molecule has 0 fully saturated rings. The molecule has 2 rings (SSSR count). The number of carboxylic acid groups (broad SMARTS) is 1. The van der Waals surface area contributed by atoms with Crippen molar-refractivity contribution in [3.63, 3.8) is 0 Å². The van der Waals surface area contributed by atoms with Crippen molar-refractivity contribution in [2.75, 3.05) is 0 Å². The Morgan fingerprint density at radius 1 is 1.36 bits per heavy atom. The maximum atomic E-state index is 11.1. The van der Waals surface area contributed by atoms with Gasteiger partial charge in [0.1, 0.15) is 6.61 Å². The van der Waals surface area contributed by atoms with E-state index in [9.17, 15) is 4.79 Å². The third kappa shape index (κ3) is 3.67. The molecule has 0 bridgehead atoms. The van der Waals surface area contributed by atoms with Crippen LogP contribution >= 0.6 is 11.6 Å². The SMILES string of the molecule is CCc1nc(-c2ccc(Cl)cc2)oc1COC(C)(C)C(=O)O. The second-order valence-electron chi connectivity index (χ2n) is 5.35. The largest absolute Gasteiger partial charge is 0.479 e. The van der Waals surface area contributed by atoms with Crippen molar-refractivity contribution in [3.05, 3.63) is 40.7 Å². The summed E-state index contributed by atoms with van der Waals surface area (Å²) in [6.07, 6.45) is 0.670. The van der Waals surface area contributed by atoms with Crippen LogP contribution in [0.15, 0.2) is 28.7 Å². The summed E-state index contributed by atoms with van der Waals surface area (Å²) in [5.41, 5.74) is 0.284. The van der Waals surface area contributed by atoms with Crippen LogP contribution in [0.4, 0.5) is 0 Å². The zero-order valence-electron chi connectivity index (χ0n) is 12.7. The van der Waals surface area contributed by atoms with Crippen LogP contribution in [0, 0.1) is 0 Å². The molecule has 22 heavy (non-hydrogen) atoms. The summed E-state index contributed by atoms with van der Waals surface area (Å²) in [4.78, 5) is 15.5. The number of aliphatic carboxylic acids is 1. The predicted octanol–water partition coefficient (Wildman–Crippen LogP) is 3.94. The highest BCUT2D eigenvalue weighted by Gasteiger charge is 2.29. The Balaban J connectivity index is 2.22. The summed E-state index contributed by atoms with van der Waals surface area (Å²) in [6, 6.07) is 7.16. The molecule has 0 saturated heterocycles. The number of carboxylic acids is 1. The first-order valence-corrected chi connectivity index (χ1v) is 7.33. The van der Waals surface area contributed by atoms with E-state index < -0.39 is 11.6 Å². The molecule has 0 aliphatic carbocycles. The molecular weight excluding hydrogens is 306 g/mol. The fraction of sp³-hybridized carbons (Fsp3) is 0.375. The Morgan fingerprint density at radius 2 is 2.00 bits per heavy atom. The molecule has 0 radical (unpaired) electrons. The van der Waals surface area contributed by atoms with Crippen LogP contribution in [-0.2, 0) is 22.6 Å². The lowest BCUT2D eigenvalue weighted by molar-refractivity contribution is -0.163. The van der Waals surface area contributed by atoms with Crippen molar-refractivity contribution in [2.45, 2.75) is 39.4 Å². The lowest BCUT2D eigenvalue weighted by Gasteiger charge is -2.19. The highest BCUT2D eigenvalue weighted by Crippen LogP contribution is 2.25. The molecule has 1 aromatic heterocycles. The van der Waals surface area contributed by atoms with E-state index in [2.05, 4.69) is 4.98 Å². The first-order chi connectivity index (χ1) is 10.3. The summed E-state index contributed by atoms with van der Waals surface area (Å²) in [6.45, 7) is 5.01. The van der Waals surface area contributed by atoms with Gasteiger partial charge in [-0.05, 0) is 44.5 Å². The van der Waals surface area contributed by atoms with Crippen molar-refractivity contribution in [1.82, 2.24) is 4.98 Å². The van der Waals surface area contributed by atoms with Crippen LogP contribution in [-0.4, -0.2) is 21.7 Å². The summed E-state index contributed by atoms with van der Waals surface area (Å²) in [5, 5.41) is 9.71. The lowest BCUT2D eigenvalue weighted by Crippen LogP contribution is -2.34. The van der Waals surface area contributed by atoms with E-state index in [0.717, 1.165) is 11.3 Å². The van der Waals surface area contributed by atoms with Crippen LogP contribution in [0.25, 0.3) is 11.5 Å². The maximum Gasteiger partial charge on any atom is 0.335 e. The number of rotatable bonds is 6. The number of hydrogen-bond acceptors (Lipinski definition) is 4. The Bertz CT molecular complexity index is 661. The molecule has 1 aromatic carbocycles. The van der Waals surface area contributed by atoms with Gasteiger partial charge in [0.05, 0.1) is 5.69 Å². The molecule has 2 aromatic rings. The van der Waals surface area contributed by atoms with Crippen LogP contribution in [0.5, 0.6) is 0 Å². The minimum atomic E-state index is -1.28. The minimum absolute atomic E-state index is 0.0586. The Kier molecular flexibility index (Phi) is 4.88. The molecule has 5 nitrogen and oxygen atoms in total. The van der Waals surface area contributed by atoms with Gasteiger partial charge in [-0.15, -0.1) is 0 Å². The average molecular weight is 324 g/mol. The van der Waals surface area contributed by atoms with Gasteiger partial charge >= 0.3 is 5.97 Å². The molecule has 1 heterocycles. The first kappa shape index (κ1) is 16.5. The summed E-state index contributed by atoms with van der Waals surface area (Å²) in [5.74, 6) is -0.00925. The summed E-state index contributed by atoms with van der Waals surface area (Å²) in [7, 11) is 0. The molecule has 0 amide bonds. The molecule has 1 N–H and O–H groups in total. The molecule has 6 heteroatoms. The van der Waals surface area contributed by atoms with Gasteiger partial charge in [0, 0.05) is 10.6 Å². The Morgan fingerprint density at radius 3 is 2.55 bits per heavy atom. The highest BCUT2D eigenvalue weighted by atomic mass is 35.5. The molecular formula is C16H18ClNO4. The minimum Gasteiger partial charge on any atom is -0.479 e. The fourth-order valence-electron chi connectivity index (χ4n) is 1.80.